The van der Waals surface area contributed by atoms with Crippen LogP contribution in [0.3, 0.4) is 0 Å². The van der Waals surface area contributed by atoms with Gasteiger partial charge in [0, 0.05) is 6.54 Å². The van der Waals surface area contributed by atoms with Gasteiger partial charge in [-0.2, -0.15) is 0 Å². The second-order valence-electron chi connectivity index (χ2n) is 2.07. The molecular formula is C6H12NO2. The van der Waals surface area contributed by atoms with E-state index in [1.54, 1.807) is 0 Å². The van der Waals surface area contributed by atoms with Crippen LogP contribution in [-0.2, 0) is 9.53 Å². The first-order valence-corrected chi connectivity index (χ1v) is 2.76. The van der Waals surface area contributed by atoms with Gasteiger partial charge in [0.05, 0.1) is 6.42 Å². The second kappa shape index (κ2) is 4.32. The van der Waals surface area contributed by atoms with Crippen LogP contribution in [0, 0.1) is 7.11 Å². The van der Waals surface area contributed by atoms with Crippen LogP contribution in [0.5, 0.6) is 0 Å². The number of esters is 1. The molecule has 1 radical (unpaired) electrons. The summed E-state index contributed by atoms with van der Waals surface area (Å²) < 4.78 is 4.18. The molecule has 9 heavy (non-hydrogen) atoms. The third-order valence-corrected chi connectivity index (χ3v) is 0.924. The molecule has 3 heteroatoms. The molecule has 0 amide bonds. The predicted octanol–water partition coefficient (Wildman–Crippen LogP) is 0.273. The van der Waals surface area contributed by atoms with Crippen molar-refractivity contribution in [3.05, 3.63) is 7.11 Å². The van der Waals surface area contributed by atoms with Crippen LogP contribution in [0.2, 0.25) is 0 Å². The van der Waals surface area contributed by atoms with E-state index in [-0.39, 0.29) is 5.97 Å². The number of nitrogens with zero attached hydrogens (tertiary/aromatic N) is 1. The Kier molecular flexibility index (Phi) is 4.05. The maximum absolute atomic E-state index is 10.4. The number of carbonyl (C=O) groups excluding carboxylic acids is 1. The van der Waals surface area contributed by atoms with E-state index in [0.29, 0.717) is 13.0 Å². The van der Waals surface area contributed by atoms with Crippen LogP contribution in [-0.4, -0.2) is 31.5 Å². The van der Waals surface area contributed by atoms with Crippen molar-refractivity contribution in [1.82, 2.24) is 4.90 Å². The first kappa shape index (κ1) is 8.43. The largest absolute Gasteiger partial charge is 0.462 e. The normalized spacial score (nSPS) is 9.78. The molecule has 0 saturated carbocycles. The Labute approximate surface area is 55.6 Å². The Bertz CT molecular complexity index is 91.1. The molecule has 0 aromatic carbocycles. The number of hydrogen-bond acceptors (Lipinski definition) is 3. The molecule has 0 bridgehead atoms. The molecule has 0 aliphatic carbocycles. The first-order chi connectivity index (χ1) is 4.16. The molecule has 0 saturated heterocycles. The molecule has 3 nitrogen and oxygen atoms in total. The first-order valence-electron chi connectivity index (χ1n) is 2.76. The van der Waals surface area contributed by atoms with Crippen molar-refractivity contribution in [2.24, 2.45) is 0 Å². The van der Waals surface area contributed by atoms with E-state index in [2.05, 4.69) is 11.8 Å². The highest BCUT2D eigenvalue weighted by Gasteiger charge is 1.98. The summed E-state index contributed by atoms with van der Waals surface area (Å²) in [4.78, 5) is 12.3. The molecular weight excluding hydrogens is 118 g/mol. The highest BCUT2D eigenvalue weighted by atomic mass is 16.5. The summed E-state index contributed by atoms with van der Waals surface area (Å²) in [5.41, 5.74) is 0. The molecule has 0 aromatic rings. The zero-order valence-electron chi connectivity index (χ0n) is 5.89. The van der Waals surface area contributed by atoms with Gasteiger partial charge >= 0.3 is 5.97 Å². The molecule has 0 spiro atoms. The smallest absolute Gasteiger partial charge is 0.307 e. The van der Waals surface area contributed by atoms with Gasteiger partial charge < -0.3 is 9.64 Å². The third kappa shape index (κ3) is 5.30. The molecule has 0 aliphatic rings. The molecule has 0 aromatic heterocycles. The van der Waals surface area contributed by atoms with Gasteiger partial charge in [0.2, 0.25) is 0 Å². The Morgan fingerprint density at radius 3 is 2.56 bits per heavy atom. The highest BCUT2D eigenvalue weighted by Crippen LogP contribution is 1.85. The van der Waals surface area contributed by atoms with Crippen LogP contribution in [0.15, 0.2) is 0 Å². The van der Waals surface area contributed by atoms with Gasteiger partial charge in [-0.05, 0) is 14.1 Å². The predicted molar refractivity (Wildman–Crippen MR) is 34.6 cm³/mol. The van der Waals surface area contributed by atoms with E-state index in [9.17, 15) is 4.79 Å². The molecule has 0 N–H and O–H groups in total. The van der Waals surface area contributed by atoms with Crippen LogP contribution >= 0.6 is 0 Å². The van der Waals surface area contributed by atoms with Crippen LogP contribution < -0.4 is 0 Å². The topological polar surface area (TPSA) is 29.5 Å². The van der Waals surface area contributed by atoms with E-state index < -0.39 is 0 Å². The van der Waals surface area contributed by atoms with Crippen molar-refractivity contribution < 1.29 is 9.53 Å². The van der Waals surface area contributed by atoms with Gasteiger partial charge in [-0.15, -0.1) is 0 Å². The van der Waals surface area contributed by atoms with Crippen molar-refractivity contribution in [2.75, 3.05) is 20.6 Å². The Morgan fingerprint density at radius 1 is 1.67 bits per heavy atom. The van der Waals surface area contributed by atoms with Gasteiger partial charge in [-0.3, -0.25) is 4.79 Å². The summed E-state index contributed by atoms with van der Waals surface area (Å²) in [5.74, 6) is -0.260. The van der Waals surface area contributed by atoms with E-state index in [1.807, 2.05) is 19.0 Å². The summed E-state index contributed by atoms with van der Waals surface area (Å²) >= 11 is 0. The Morgan fingerprint density at radius 2 is 2.22 bits per heavy atom. The monoisotopic (exact) mass is 130 g/mol. The second-order valence-corrected chi connectivity index (χ2v) is 2.07. The zero-order valence-corrected chi connectivity index (χ0v) is 5.89. The van der Waals surface area contributed by atoms with E-state index in [1.165, 1.54) is 0 Å². The van der Waals surface area contributed by atoms with E-state index in [0.717, 1.165) is 0 Å². The maximum atomic E-state index is 10.4. The minimum absolute atomic E-state index is 0.260. The van der Waals surface area contributed by atoms with Crippen LogP contribution in [0.4, 0.5) is 0 Å². The number of rotatable bonds is 3. The molecule has 0 rings (SSSR count). The van der Waals surface area contributed by atoms with Gasteiger partial charge in [0.15, 0.2) is 0 Å². The minimum atomic E-state index is -0.260. The number of hydrogen-bond donors (Lipinski definition) is 0. The van der Waals surface area contributed by atoms with Crippen molar-refractivity contribution in [2.45, 2.75) is 6.42 Å². The molecule has 0 aliphatic heterocycles. The summed E-state index contributed by atoms with van der Waals surface area (Å²) in [7, 11) is 6.79. The number of ether oxygens (including phenoxy) is 1. The Balaban J connectivity index is 3.17. The summed E-state index contributed by atoms with van der Waals surface area (Å²) in [5, 5.41) is 0. The average molecular weight is 130 g/mol. The van der Waals surface area contributed by atoms with Gasteiger partial charge in [-0.1, -0.05) is 0 Å². The van der Waals surface area contributed by atoms with Gasteiger partial charge in [-0.25, -0.2) is 0 Å². The van der Waals surface area contributed by atoms with E-state index >= 15 is 0 Å². The lowest BCUT2D eigenvalue weighted by molar-refractivity contribution is -0.138. The molecule has 0 heterocycles. The molecule has 0 fully saturated rings. The van der Waals surface area contributed by atoms with Crippen molar-refractivity contribution in [1.29, 1.82) is 0 Å². The van der Waals surface area contributed by atoms with Crippen molar-refractivity contribution in [3.63, 3.8) is 0 Å². The maximum Gasteiger partial charge on any atom is 0.307 e. The fourth-order valence-electron chi connectivity index (χ4n) is 0.387. The highest BCUT2D eigenvalue weighted by molar-refractivity contribution is 5.69. The Hall–Kier alpha value is -0.570. The lowest BCUT2D eigenvalue weighted by Gasteiger charge is -2.06. The molecule has 53 valence electrons. The summed E-state index contributed by atoms with van der Waals surface area (Å²) in [6, 6.07) is 0. The quantitative estimate of drug-likeness (QED) is 0.514. The lowest BCUT2D eigenvalue weighted by atomic mass is 10.4. The SMILES string of the molecule is [CH2]OC(=O)CCN(C)C. The summed E-state index contributed by atoms with van der Waals surface area (Å²) in [6.45, 7) is 0.717. The molecule has 0 atom stereocenters. The fourth-order valence-corrected chi connectivity index (χ4v) is 0.387. The third-order valence-electron chi connectivity index (χ3n) is 0.924. The van der Waals surface area contributed by atoms with Crippen molar-refractivity contribution >= 4 is 5.97 Å². The number of carbonyl (C=O) groups is 1. The zero-order chi connectivity index (χ0) is 7.28. The van der Waals surface area contributed by atoms with Crippen LogP contribution in [0.1, 0.15) is 6.42 Å². The fraction of sp³-hybridized carbons (Fsp3) is 0.667. The lowest BCUT2D eigenvalue weighted by Crippen LogP contribution is -2.16. The van der Waals surface area contributed by atoms with Crippen LogP contribution in [0.25, 0.3) is 0 Å². The molecule has 0 unspecified atom stereocenters. The standard InChI is InChI=1S/C6H12NO2/c1-7(2)5-4-6(8)9-3/h3-5H2,1-2H3. The summed E-state index contributed by atoms with van der Waals surface area (Å²) in [6.07, 6.45) is 0.413. The minimum Gasteiger partial charge on any atom is -0.462 e. The van der Waals surface area contributed by atoms with Gasteiger partial charge in [0.25, 0.3) is 0 Å². The average Bonchev–Trinajstić information content (AvgIpc) is 1.83. The van der Waals surface area contributed by atoms with E-state index in [4.69, 9.17) is 0 Å². The van der Waals surface area contributed by atoms with Crippen molar-refractivity contribution in [3.8, 4) is 0 Å². The van der Waals surface area contributed by atoms with Gasteiger partial charge in [0.1, 0.15) is 7.11 Å².